The van der Waals surface area contributed by atoms with Crippen LogP contribution in [0.2, 0.25) is 0 Å². The van der Waals surface area contributed by atoms with Crippen LogP contribution in [0.1, 0.15) is 22.3 Å². The Labute approximate surface area is 160 Å². The molecule has 0 heterocycles. The molecule has 0 aliphatic rings. The van der Waals surface area contributed by atoms with Crippen LogP contribution in [0, 0.1) is 20.8 Å². The van der Waals surface area contributed by atoms with E-state index in [1.807, 2.05) is 18.2 Å². The van der Waals surface area contributed by atoms with E-state index in [4.69, 9.17) is 9.47 Å². The highest BCUT2D eigenvalue weighted by atomic mass is 32.2. The van der Waals surface area contributed by atoms with Crippen molar-refractivity contribution in [2.24, 2.45) is 0 Å². The van der Waals surface area contributed by atoms with Gasteiger partial charge < -0.3 is 14.8 Å². The quantitative estimate of drug-likeness (QED) is 0.708. The second-order valence-corrected chi connectivity index (χ2v) is 7.29. The molecule has 2 aromatic carbocycles. The monoisotopic (exact) mass is 373 g/mol. The summed E-state index contributed by atoms with van der Waals surface area (Å²) in [7, 11) is 3.24. The van der Waals surface area contributed by atoms with Crippen LogP contribution in [0.15, 0.2) is 35.2 Å². The summed E-state index contributed by atoms with van der Waals surface area (Å²) in [5, 5.41) is 2.99. The Morgan fingerprint density at radius 2 is 1.65 bits per heavy atom. The lowest BCUT2D eigenvalue weighted by Crippen LogP contribution is -2.27. The summed E-state index contributed by atoms with van der Waals surface area (Å²) in [6.45, 7) is 6.88. The number of rotatable bonds is 8. The summed E-state index contributed by atoms with van der Waals surface area (Å²) in [4.78, 5) is 13.3. The Balaban J connectivity index is 1.83. The fourth-order valence-corrected chi connectivity index (χ4v) is 3.92. The van der Waals surface area contributed by atoms with E-state index < -0.39 is 0 Å². The molecular weight excluding hydrogens is 346 g/mol. The van der Waals surface area contributed by atoms with Gasteiger partial charge in [0, 0.05) is 11.4 Å². The number of carbonyl (C=O) groups is 1. The molecule has 0 bridgehead atoms. The molecule has 0 aromatic heterocycles. The molecule has 0 aliphatic heterocycles. The van der Waals surface area contributed by atoms with Crippen LogP contribution in [-0.2, 0) is 11.2 Å². The van der Waals surface area contributed by atoms with Gasteiger partial charge in [-0.1, -0.05) is 23.8 Å². The van der Waals surface area contributed by atoms with Crippen LogP contribution < -0.4 is 14.8 Å². The predicted octanol–water partition coefficient (Wildman–Crippen LogP) is 4.08. The van der Waals surface area contributed by atoms with E-state index in [1.165, 1.54) is 21.6 Å². The fraction of sp³-hybridized carbons (Fsp3) is 0.381. The molecule has 0 atom stereocenters. The van der Waals surface area contributed by atoms with Crippen LogP contribution in [-0.4, -0.2) is 32.4 Å². The number of nitrogens with one attached hydrogen (secondary N) is 1. The summed E-state index contributed by atoms with van der Waals surface area (Å²) in [6, 6.07) is 10.1. The summed E-state index contributed by atoms with van der Waals surface area (Å²) < 4.78 is 10.5. The number of methoxy groups -OCH3 is 2. The largest absolute Gasteiger partial charge is 0.493 e. The minimum absolute atomic E-state index is 0.0508. The summed E-state index contributed by atoms with van der Waals surface area (Å²) >= 11 is 1.60. The summed E-state index contributed by atoms with van der Waals surface area (Å²) in [6.07, 6.45) is 0.749. The topological polar surface area (TPSA) is 47.6 Å². The number of benzene rings is 2. The third-order valence-corrected chi connectivity index (χ3v) is 5.48. The van der Waals surface area contributed by atoms with Gasteiger partial charge in [0.1, 0.15) is 0 Å². The number of thioether (sulfide) groups is 1. The second-order valence-electron chi connectivity index (χ2n) is 6.31. The second kappa shape index (κ2) is 9.53. The number of carbonyl (C=O) groups excluding carboxylic acids is 1. The molecule has 0 spiro atoms. The summed E-state index contributed by atoms with van der Waals surface area (Å²) in [5.74, 6) is 1.89. The van der Waals surface area contributed by atoms with Crippen LogP contribution in [0.4, 0.5) is 0 Å². The molecule has 2 rings (SSSR count). The average molecular weight is 374 g/mol. The van der Waals surface area contributed by atoms with E-state index in [9.17, 15) is 4.79 Å². The lowest BCUT2D eigenvalue weighted by Gasteiger charge is -2.12. The smallest absolute Gasteiger partial charge is 0.230 e. The first-order valence-corrected chi connectivity index (χ1v) is 9.61. The molecule has 4 nitrogen and oxygen atoms in total. The molecule has 2 aromatic rings. The van der Waals surface area contributed by atoms with E-state index in [1.54, 1.807) is 26.0 Å². The number of hydrogen-bond acceptors (Lipinski definition) is 4. The van der Waals surface area contributed by atoms with Crippen molar-refractivity contribution in [1.29, 1.82) is 0 Å². The molecular formula is C21H27NO3S. The maximum absolute atomic E-state index is 12.1. The highest BCUT2D eigenvalue weighted by molar-refractivity contribution is 8.00. The first kappa shape index (κ1) is 20.2. The molecule has 26 heavy (non-hydrogen) atoms. The van der Waals surface area contributed by atoms with Crippen molar-refractivity contribution in [2.45, 2.75) is 32.1 Å². The molecule has 0 saturated carbocycles. The summed E-state index contributed by atoms with van der Waals surface area (Å²) in [5.41, 5.74) is 4.81. The Hall–Kier alpha value is -2.14. The Morgan fingerprint density at radius 3 is 2.27 bits per heavy atom. The van der Waals surface area contributed by atoms with Crippen LogP contribution in [0.3, 0.4) is 0 Å². The number of hydrogen-bond donors (Lipinski definition) is 1. The lowest BCUT2D eigenvalue weighted by molar-refractivity contribution is -0.118. The molecule has 0 saturated heterocycles. The van der Waals surface area contributed by atoms with Crippen LogP contribution in [0.5, 0.6) is 11.5 Å². The van der Waals surface area contributed by atoms with Gasteiger partial charge in [0.2, 0.25) is 5.91 Å². The number of amides is 1. The number of aryl methyl sites for hydroxylation is 3. The highest BCUT2D eigenvalue weighted by Gasteiger charge is 2.09. The van der Waals surface area contributed by atoms with Crippen LogP contribution in [0.25, 0.3) is 0 Å². The van der Waals surface area contributed by atoms with Crippen molar-refractivity contribution in [1.82, 2.24) is 5.32 Å². The zero-order valence-corrected chi connectivity index (χ0v) is 17.0. The van der Waals surface area contributed by atoms with Gasteiger partial charge in [-0.15, -0.1) is 11.8 Å². The van der Waals surface area contributed by atoms with Crippen molar-refractivity contribution in [3.63, 3.8) is 0 Å². The van der Waals surface area contributed by atoms with E-state index in [0.29, 0.717) is 23.8 Å². The molecule has 0 fully saturated rings. The molecule has 0 radical (unpaired) electrons. The SMILES string of the molecule is COc1ccc(CCNC(=O)CSc2c(C)cc(C)cc2C)cc1OC. The molecule has 1 amide bonds. The molecule has 140 valence electrons. The average Bonchev–Trinajstić information content (AvgIpc) is 2.60. The molecule has 0 aliphatic carbocycles. The van der Waals surface area contributed by atoms with Gasteiger partial charge in [0.15, 0.2) is 11.5 Å². The Kier molecular flexibility index (Phi) is 7.39. The highest BCUT2D eigenvalue weighted by Crippen LogP contribution is 2.28. The van der Waals surface area contributed by atoms with E-state index in [0.717, 1.165) is 12.0 Å². The van der Waals surface area contributed by atoms with E-state index in [2.05, 4.69) is 38.2 Å². The van der Waals surface area contributed by atoms with Crippen molar-refractivity contribution >= 4 is 17.7 Å². The molecule has 5 heteroatoms. The maximum atomic E-state index is 12.1. The fourth-order valence-electron chi connectivity index (χ4n) is 2.97. The first-order chi connectivity index (χ1) is 12.4. The normalized spacial score (nSPS) is 10.5. The predicted molar refractivity (Wildman–Crippen MR) is 108 cm³/mol. The molecule has 0 unspecified atom stereocenters. The van der Waals surface area contributed by atoms with Crippen molar-refractivity contribution in [3.05, 3.63) is 52.6 Å². The van der Waals surface area contributed by atoms with Crippen molar-refractivity contribution in [2.75, 3.05) is 26.5 Å². The van der Waals surface area contributed by atoms with Crippen LogP contribution >= 0.6 is 11.8 Å². The minimum Gasteiger partial charge on any atom is -0.493 e. The zero-order chi connectivity index (χ0) is 19.1. The standard InChI is InChI=1S/C21H27NO3S/c1-14-10-15(2)21(16(3)11-14)26-13-20(23)22-9-8-17-6-7-18(24-4)19(12-17)25-5/h6-7,10-12H,8-9,13H2,1-5H3,(H,22,23). The van der Waals surface area contributed by atoms with Crippen molar-refractivity contribution in [3.8, 4) is 11.5 Å². The Bertz CT molecular complexity index is 751. The van der Waals surface area contributed by atoms with Gasteiger partial charge in [0.05, 0.1) is 20.0 Å². The van der Waals surface area contributed by atoms with Gasteiger partial charge in [-0.05, 0) is 56.0 Å². The van der Waals surface area contributed by atoms with E-state index >= 15 is 0 Å². The maximum Gasteiger partial charge on any atom is 0.230 e. The zero-order valence-electron chi connectivity index (χ0n) is 16.1. The molecule has 1 N–H and O–H groups in total. The third-order valence-electron chi connectivity index (χ3n) is 4.14. The lowest BCUT2D eigenvalue weighted by atomic mass is 10.1. The third kappa shape index (κ3) is 5.43. The number of ether oxygens (including phenoxy) is 2. The van der Waals surface area contributed by atoms with Gasteiger partial charge >= 0.3 is 0 Å². The van der Waals surface area contributed by atoms with Gasteiger partial charge in [0.25, 0.3) is 0 Å². The minimum atomic E-state index is 0.0508. The van der Waals surface area contributed by atoms with E-state index in [-0.39, 0.29) is 5.91 Å². The van der Waals surface area contributed by atoms with Crippen molar-refractivity contribution < 1.29 is 14.3 Å². The van der Waals surface area contributed by atoms with Gasteiger partial charge in [-0.3, -0.25) is 4.79 Å². The van der Waals surface area contributed by atoms with Gasteiger partial charge in [-0.25, -0.2) is 0 Å². The first-order valence-electron chi connectivity index (χ1n) is 8.63. The van der Waals surface area contributed by atoms with Gasteiger partial charge in [-0.2, -0.15) is 0 Å². The Morgan fingerprint density at radius 1 is 1.00 bits per heavy atom.